The molecule has 0 saturated carbocycles. The minimum Gasteiger partial charge on any atom is -0.316 e. The predicted molar refractivity (Wildman–Crippen MR) is 76.9 cm³/mol. The second kappa shape index (κ2) is 5.68. The van der Waals surface area contributed by atoms with Crippen molar-refractivity contribution < 1.29 is 8.42 Å². The third-order valence-corrected chi connectivity index (χ3v) is 5.23. The normalized spacial score (nSPS) is 11.5. The van der Waals surface area contributed by atoms with Crippen molar-refractivity contribution in [3.63, 3.8) is 0 Å². The van der Waals surface area contributed by atoms with Crippen molar-refractivity contribution in [2.24, 2.45) is 0 Å². The van der Waals surface area contributed by atoms with Gasteiger partial charge in [-0.25, -0.2) is 13.4 Å². The summed E-state index contributed by atoms with van der Waals surface area (Å²) in [6.07, 6.45) is 1.38. The Morgan fingerprint density at radius 1 is 1.32 bits per heavy atom. The van der Waals surface area contributed by atoms with Crippen LogP contribution >= 0.6 is 11.3 Å². The first kappa shape index (κ1) is 14.0. The number of aryl methyl sites for hydroxylation is 1. The van der Waals surface area contributed by atoms with Crippen LogP contribution in [0.25, 0.3) is 0 Å². The van der Waals surface area contributed by atoms with Crippen LogP contribution in [0.4, 0.5) is 5.69 Å². The van der Waals surface area contributed by atoms with Gasteiger partial charge in [0.2, 0.25) is 0 Å². The highest BCUT2D eigenvalue weighted by molar-refractivity contribution is 7.94. The lowest BCUT2D eigenvalue weighted by Gasteiger charge is -2.11. The van der Waals surface area contributed by atoms with Gasteiger partial charge in [-0.05, 0) is 25.6 Å². The summed E-state index contributed by atoms with van der Waals surface area (Å²) < 4.78 is 27.3. The largest absolute Gasteiger partial charge is 0.316 e. The second-order valence-electron chi connectivity index (χ2n) is 3.99. The molecule has 19 heavy (non-hydrogen) atoms. The summed E-state index contributed by atoms with van der Waals surface area (Å²) in [5.41, 5.74) is 1.48. The summed E-state index contributed by atoms with van der Waals surface area (Å²) in [5.74, 6) is 0. The van der Waals surface area contributed by atoms with Crippen molar-refractivity contribution in [2.45, 2.75) is 17.7 Å². The highest BCUT2D eigenvalue weighted by atomic mass is 32.2. The van der Waals surface area contributed by atoms with E-state index in [4.69, 9.17) is 0 Å². The number of para-hydroxylation sites is 1. The van der Waals surface area contributed by atoms with Gasteiger partial charge in [0.05, 0.1) is 16.9 Å². The fraction of sp³-hybridized carbons (Fsp3) is 0.250. The van der Waals surface area contributed by atoms with Crippen molar-refractivity contribution >= 4 is 27.0 Å². The molecule has 0 saturated heterocycles. The number of sulfonamides is 1. The maximum Gasteiger partial charge on any atom is 0.273 e. The summed E-state index contributed by atoms with van der Waals surface area (Å²) in [6.45, 7) is 2.37. The van der Waals surface area contributed by atoms with Crippen LogP contribution in [0.1, 0.15) is 10.6 Å². The molecule has 0 unspecified atom stereocenters. The van der Waals surface area contributed by atoms with Crippen LogP contribution in [0, 0.1) is 6.92 Å². The molecule has 0 radical (unpaired) electrons. The van der Waals surface area contributed by atoms with Crippen molar-refractivity contribution in [1.29, 1.82) is 0 Å². The molecule has 2 N–H and O–H groups in total. The Balaban J connectivity index is 2.30. The molecule has 5 nitrogen and oxygen atoms in total. The van der Waals surface area contributed by atoms with E-state index in [1.54, 1.807) is 19.1 Å². The van der Waals surface area contributed by atoms with Gasteiger partial charge >= 0.3 is 0 Å². The first-order valence-electron chi connectivity index (χ1n) is 5.70. The molecule has 0 bridgehead atoms. The van der Waals surface area contributed by atoms with Gasteiger partial charge in [-0.3, -0.25) is 4.72 Å². The Morgan fingerprint density at radius 2 is 2.05 bits per heavy atom. The number of nitrogens with one attached hydrogen (secondary N) is 2. The Morgan fingerprint density at radius 3 is 2.68 bits per heavy atom. The van der Waals surface area contributed by atoms with Gasteiger partial charge in [0.15, 0.2) is 4.21 Å². The van der Waals surface area contributed by atoms with E-state index in [0.29, 0.717) is 12.2 Å². The molecule has 2 aromatic rings. The van der Waals surface area contributed by atoms with E-state index < -0.39 is 10.0 Å². The summed E-state index contributed by atoms with van der Waals surface area (Å²) >= 11 is 1.16. The van der Waals surface area contributed by atoms with Crippen LogP contribution in [0.3, 0.4) is 0 Å². The Kier molecular flexibility index (Phi) is 4.18. The highest BCUT2D eigenvalue weighted by Crippen LogP contribution is 2.23. The molecule has 0 fully saturated rings. The van der Waals surface area contributed by atoms with Gasteiger partial charge in [0.1, 0.15) is 0 Å². The Hall–Kier alpha value is -1.44. The van der Waals surface area contributed by atoms with Crippen LogP contribution in [0.2, 0.25) is 0 Å². The molecule has 102 valence electrons. The standard InChI is InChI=1S/C12H15N3O2S2/c1-9-14-8-12(18-9)19(16,17)15-11-6-4-3-5-10(11)7-13-2/h3-6,8,13,15H,7H2,1-2H3. The zero-order chi connectivity index (χ0) is 13.9. The average molecular weight is 297 g/mol. The van der Waals surface area contributed by atoms with E-state index in [-0.39, 0.29) is 4.21 Å². The maximum atomic E-state index is 12.2. The number of benzene rings is 1. The number of nitrogens with zero attached hydrogens (tertiary/aromatic N) is 1. The van der Waals surface area contributed by atoms with Gasteiger partial charge in [-0.15, -0.1) is 11.3 Å². The topological polar surface area (TPSA) is 71.1 Å². The molecule has 0 aliphatic carbocycles. The fourth-order valence-corrected chi connectivity index (χ4v) is 3.83. The first-order valence-corrected chi connectivity index (χ1v) is 8.00. The van der Waals surface area contributed by atoms with Gasteiger partial charge in [-0.1, -0.05) is 18.2 Å². The lowest BCUT2D eigenvalue weighted by atomic mass is 10.2. The van der Waals surface area contributed by atoms with Crippen LogP contribution in [-0.4, -0.2) is 20.4 Å². The van der Waals surface area contributed by atoms with Gasteiger partial charge in [-0.2, -0.15) is 0 Å². The highest BCUT2D eigenvalue weighted by Gasteiger charge is 2.18. The van der Waals surface area contributed by atoms with Crippen molar-refractivity contribution in [3.8, 4) is 0 Å². The molecule has 0 spiro atoms. The Bertz CT molecular complexity index is 665. The molecule has 1 aromatic heterocycles. The number of aromatic nitrogens is 1. The smallest absolute Gasteiger partial charge is 0.273 e. The fourth-order valence-electron chi connectivity index (χ4n) is 1.63. The van der Waals surface area contributed by atoms with E-state index in [1.165, 1.54) is 6.20 Å². The average Bonchev–Trinajstić information content (AvgIpc) is 2.79. The second-order valence-corrected chi connectivity index (χ2v) is 7.14. The third-order valence-electron chi connectivity index (χ3n) is 2.49. The number of thiazole rings is 1. The molecule has 0 atom stereocenters. The first-order chi connectivity index (χ1) is 9.03. The van der Waals surface area contributed by atoms with E-state index in [0.717, 1.165) is 21.9 Å². The maximum absolute atomic E-state index is 12.2. The molecule has 0 aliphatic heterocycles. The summed E-state index contributed by atoms with van der Waals surface area (Å²) in [6, 6.07) is 7.31. The number of hydrogen-bond donors (Lipinski definition) is 2. The van der Waals surface area contributed by atoms with Crippen molar-refractivity contribution in [1.82, 2.24) is 10.3 Å². The number of anilines is 1. The summed E-state index contributed by atoms with van der Waals surface area (Å²) in [5, 5.41) is 3.74. The Labute approximate surface area is 116 Å². The minimum absolute atomic E-state index is 0.226. The van der Waals surface area contributed by atoms with Gasteiger partial charge in [0, 0.05) is 6.54 Å². The molecule has 2 rings (SSSR count). The van der Waals surface area contributed by atoms with Crippen molar-refractivity contribution in [3.05, 3.63) is 41.0 Å². The molecule has 1 aromatic carbocycles. The third kappa shape index (κ3) is 3.31. The van der Waals surface area contributed by atoms with E-state index in [2.05, 4.69) is 15.0 Å². The van der Waals surface area contributed by atoms with Crippen LogP contribution in [0.5, 0.6) is 0 Å². The molecule has 0 aliphatic rings. The lowest BCUT2D eigenvalue weighted by Crippen LogP contribution is -2.15. The zero-order valence-corrected chi connectivity index (χ0v) is 12.3. The van der Waals surface area contributed by atoms with Crippen LogP contribution in [0.15, 0.2) is 34.7 Å². The number of rotatable bonds is 5. The molecule has 7 heteroatoms. The summed E-state index contributed by atoms with van der Waals surface area (Å²) in [4.78, 5) is 3.97. The molecular weight excluding hydrogens is 282 g/mol. The molecule has 1 heterocycles. The van der Waals surface area contributed by atoms with Crippen LogP contribution < -0.4 is 10.0 Å². The van der Waals surface area contributed by atoms with Gasteiger partial charge in [0.25, 0.3) is 10.0 Å². The van der Waals surface area contributed by atoms with Crippen molar-refractivity contribution in [2.75, 3.05) is 11.8 Å². The molecular formula is C12H15N3O2S2. The van der Waals surface area contributed by atoms with Crippen LogP contribution in [-0.2, 0) is 16.6 Å². The SMILES string of the molecule is CNCc1ccccc1NS(=O)(=O)c1cnc(C)s1. The van der Waals surface area contributed by atoms with E-state index in [9.17, 15) is 8.42 Å². The number of hydrogen-bond acceptors (Lipinski definition) is 5. The summed E-state index contributed by atoms with van der Waals surface area (Å²) in [7, 11) is -1.74. The lowest BCUT2D eigenvalue weighted by molar-refractivity contribution is 0.603. The predicted octanol–water partition coefficient (Wildman–Crippen LogP) is 1.97. The van der Waals surface area contributed by atoms with E-state index in [1.807, 2.05) is 19.2 Å². The minimum atomic E-state index is -3.56. The van der Waals surface area contributed by atoms with Gasteiger partial charge < -0.3 is 5.32 Å². The monoisotopic (exact) mass is 297 g/mol. The zero-order valence-electron chi connectivity index (χ0n) is 10.7. The quantitative estimate of drug-likeness (QED) is 0.885. The molecule has 0 amide bonds. The van der Waals surface area contributed by atoms with E-state index >= 15 is 0 Å².